The molecule has 0 spiro atoms. The van der Waals surface area contributed by atoms with Gasteiger partial charge in [-0.15, -0.1) is 0 Å². The van der Waals surface area contributed by atoms with Gasteiger partial charge in [0.05, 0.1) is 7.11 Å². The Balaban J connectivity index is 2.09. The third kappa shape index (κ3) is 3.48. The molecular weight excluding hydrogens is 238 g/mol. The van der Waals surface area contributed by atoms with E-state index in [4.69, 9.17) is 15.2 Å². The summed E-state index contributed by atoms with van der Waals surface area (Å²) in [6.45, 7) is 3.08. The molecule has 19 heavy (non-hydrogen) atoms. The van der Waals surface area contributed by atoms with Gasteiger partial charge in [-0.3, -0.25) is 0 Å². The number of hydrogen-bond acceptors (Lipinski definition) is 3. The van der Waals surface area contributed by atoms with Crippen molar-refractivity contribution in [1.29, 1.82) is 0 Å². The van der Waals surface area contributed by atoms with Crippen molar-refractivity contribution in [2.75, 3.05) is 7.11 Å². The fourth-order valence-corrected chi connectivity index (χ4v) is 1.90. The van der Waals surface area contributed by atoms with Crippen LogP contribution in [0.25, 0.3) is 0 Å². The van der Waals surface area contributed by atoms with Gasteiger partial charge in [0, 0.05) is 6.54 Å². The number of ether oxygens (including phenoxy) is 2. The summed E-state index contributed by atoms with van der Waals surface area (Å²) >= 11 is 0. The van der Waals surface area contributed by atoms with Crippen LogP contribution in [0.5, 0.6) is 11.5 Å². The zero-order chi connectivity index (χ0) is 13.7. The Labute approximate surface area is 114 Å². The fourth-order valence-electron chi connectivity index (χ4n) is 1.90. The van der Waals surface area contributed by atoms with Crippen LogP contribution >= 0.6 is 0 Å². The molecule has 0 saturated heterocycles. The van der Waals surface area contributed by atoms with Crippen LogP contribution in [0, 0.1) is 6.92 Å². The summed E-state index contributed by atoms with van der Waals surface area (Å²) in [5.41, 5.74) is 8.99. The maximum atomic E-state index is 5.80. The van der Waals surface area contributed by atoms with Crippen molar-refractivity contribution in [2.45, 2.75) is 20.1 Å². The molecule has 100 valence electrons. The van der Waals surface area contributed by atoms with E-state index in [0.717, 1.165) is 28.2 Å². The summed E-state index contributed by atoms with van der Waals surface area (Å²) in [5.74, 6) is 1.52. The maximum Gasteiger partial charge on any atom is 0.161 e. The van der Waals surface area contributed by atoms with E-state index in [-0.39, 0.29) is 0 Å². The van der Waals surface area contributed by atoms with Crippen LogP contribution in [-0.2, 0) is 13.2 Å². The van der Waals surface area contributed by atoms with Gasteiger partial charge in [-0.2, -0.15) is 0 Å². The van der Waals surface area contributed by atoms with Crippen LogP contribution in [0.2, 0.25) is 0 Å². The molecular formula is C16H19NO2. The first-order valence-electron chi connectivity index (χ1n) is 6.28. The lowest BCUT2D eigenvalue weighted by Gasteiger charge is -2.11. The molecule has 0 atom stereocenters. The monoisotopic (exact) mass is 257 g/mol. The molecule has 0 saturated carbocycles. The van der Waals surface area contributed by atoms with Crippen molar-refractivity contribution < 1.29 is 9.47 Å². The van der Waals surface area contributed by atoms with Crippen LogP contribution in [0.1, 0.15) is 16.7 Å². The third-order valence-corrected chi connectivity index (χ3v) is 2.94. The van der Waals surface area contributed by atoms with Gasteiger partial charge < -0.3 is 15.2 Å². The second-order valence-electron chi connectivity index (χ2n) is 4.47. The van der Waals surface area contributed by atoms with Gasteiger partial charge in [0.15, 0.2) is 11.5 Å². The number of methoxy groups -OCH3 is 1. The van der Waals surface area contributed by atoms with E-state index < -0.39 is 0 Å². The summed E-state index contributed by atoms with van der Waals surface area (Å²) in [6, 6.07) is 14.0. The smallest absolute Gasteiger partial charge is 0.161 e. The van der Waals surface area contributed by atoms with Gasteiger partial charge in [0.1, 0.15) is 6.61 Å². The van der Waals surface area contributed by atoms with Crippen molar-refractivity contribution in [1.82, 2.24) is 0 Å². The van der Waals surface area contributed by atoms with Gasteiger partial charge in [0.2, 0.25) is 0 Å². The van der Waals surface area contributed by atoms with E-state index in [1.807, 2.05) is 43.3 Å². The van der Waals surface area contributed by atoms with Crippen molar-refractivity contribution in [2.24, 2.45) is 5.73 Å². The molecule has 0 amide bonds. The van der Waals surface area contributed by atoms with Crippen LogP contribution in [0.4, 0.5) is 0 Å². The Morgan fingerprint density at radius 1 is 1.00 bits per heavy atom. The Morgan fingerprint density at radius 2 is 1.79 bits per heavy atom. The molecule has 0 unspecified atom stereocenters. The summed E-state index contributed by atoms with van der Waals surface area (Å²) in [4.78, 5) is 0. The molecule has 2 aromatic rings. The van der Waals surface area contributed by atoms with Crippen molar-refractivity contribution in [3.05, 3.63) is 59.2 Å². The quantitative estimate of drug-likeness (QED) is 0.895. The van der Waals surface area contributed by atoms with Gasteiger partial charge in [0.25, 0.3) is 0 Å². The van der Waals surface area contributed by atoms with Crippen LogP contribution in [0.3, 0.4) is 0 Å². The van der Waals surface area contributed by atoms with Crippen LogP contribution < -0.4 is 15.2 Å². The number of hydrogen-bond donors (Lipinski definition) is 1. The Bertz CT molecular complexity index is 552. The lowest BCUT2D eigenvalue weighted by atomic mass is 10.1. The minimum Gasteiger partial charge on any atom is -0.493 e. The SMILES string of the molecule is COc1cc(C)ccc1OCc1cccc(CN)c1. The average molecular weight is 257 g/mol. The molecule has 0 aromatic heterocycles. The molecule has 0 aliphatic rings. The highest BCUT2D eigenvalue weighted by Crippen LogP contribution is 2.28. The molecule has 2 N–H and O–H groups in total. The van der Waals surface area contributed by atoms with Gasteiger partial charge in [-0.25, -0.2) is 0 Å². The van der Waals surface area contributed by atoms with Crippen molar-refractivity contribution in [3.63, 3.8) is 0 Å². The van der Waals surface area contributed by atoms with Gasteiger partial charge in [-0.1, -0.05) is 30.3 Å². The van der Waals surface area contributed by atoms with E-state index in [1.165, 1.54) is 0 Å². The molecule has 0 aliphatic heterocycles. The third-order valence-electron chi connectivity index (χ3n) is 2.94. The first kappa shape index (κ1) is 13.4. The maximum absolute atomic E-state index is 5.80. The Morgan fingerprint density at radius 3 is 2.53 bits per heavy atom. The van der Waals surface area contributed by atoms with E-state index >= 15 is 0 Å². The van der Waals surface area contributed by atoms with E-state index in [9.17, 15) is 0 Å². The van der Waals surface area contributed by atoms with Crippen LogP contribution in [0.15, 0.2) is 42.5 Å². The lowest BCUT2D eigenvalue weighted by Crippen LogP contribution is -2.00. The normalized spacial score (nSPS) is 10.3. The summed E-state index contributed by atoms with van der Waals surface area (Å²) in [6.07, 6.45) is 0. The highest BCUT2D eigenvalue weighted by molar-refractivity contribution is 5.42. The standard InChI is InChI=1S/C16H19NO2/c1-12-6-7-15(16(8-12)18-2)19-11-14-5-3-4-13(9-14)10-17/h3-9H,10-11,17H2,1-2H3. The molecule has 3 nitrogen and oxygen atoms in total. The van der Waals surface area contributed by atoms with Gasteiger partial charge in [-0.05, 0) is 35.7 Å². The molecule has 0 fully saturated rings. The zero-order valence-electron chi connectivity index (χ0n) is 11.3. The minimum atomic E-state index is 0.507. The Hall–Kier alpha value is -2.00. The average Bonchev–Trinajstić information content (AvgIpc) is 2.46. The first-order chi connectivity index (χ1) is 9.22. The highest BCUT2D eigenvalue weighted by atomic mass is 16.5. The van der Waals surface area contributed by atoms with Crippen molar-refractivity contribution >= 4 is 0 Å². The molecule has 3 heteroatoms. The first-order valence-corrected chi connectivity index (χ1v) is 6.28. The highest BCUT2D eigenvalue weighted by Gasteiger charge is 2.04. The number of rotatable bonds is 5. The topological polar surface area (TPSA) is 44.5 Å². The second kappa shape index (κ2) is 6.25. The molecule has 0 bridgehead atoms. The largest absolute Gasteiger partial charge is 0.493 e. The summed E-state index contributed by atoms with van der Waals surface area (Å²) < 4.78 is 11.1. The fraction of sp³-hybridized carbons (Fsp3) is 0.250. The molecule has 0 heterocycles. The predicted octanol–water partition coefficient (Wildman–Crippen LogP) is 3.04. The Kier molecular flexibility index (Phi) is 4.42. The number of aryl methyl sites for hydroxylation is 1. The van der Waals surface area contributed by atoms with E-state index in [0.29, 0.717) is 13.2 Å². The zero-order valence-corrected chi connectivity index (χ0v) is 11.3. The summed E-state index contributed by atoms with van der Waals surface area (Å²) in [5, 5.41) is 0. The predicted molar refractivity (Wildman–Crippen MR) is 76.4 cm³/mol. The van der Waals surface area contributed by atoms with E-state index in [2.05, 4.69) is 6.07 Å². The second-order valence-corrected chi connectivity index (χ2v) is 4.47. The van der Waals surface area contributed by atoms with Crippen LogP contribution in [-0.4, -0.2) is 7.11 Å². The van der Waals surface area contributed by atoms with Crippen molar-refractivity contribution in [3.8, 4) is 11.5 Å². The lowest BCUT2D eigenvalue weighted by molar-refractivity contribution is 0.284. The van der Waals surface area contributed by atoms with Gasteiger partial charge >= 0.3 is 0 Å². The molecule has 2 aromatic carbocycles. The number of benzene rings is 2. The minimum absolute atomic E-state index is 0.507. The summed E-state index contributed by atoms with van der Waals surface area (Å²) in [7, 11) is 1.65. The molecule has 0 aliphatic carbocycles. The molecule has 0 radical (unpaired) electrons. The molecule has 2 rings (SSSR count). The van der Waals surface area contributed by atoms with E-state index in [1.54, 1.807) is 7.11 Å². The number of nitrogens with two attached hydrogens (primary N) is 1.